The molecule has 0 bridgehead atoms. The van der Waals surface area contributed by atoms with Crippen LogP contribution in [0, 0.1) is 6.92 Å². The molecule has 1 atom stereocenters. The van der Waals surface area contributed by atoms with Crippen LogP contribution in [0.4, 0.5) is 0 Å². The topological polar surface area (TPSA) is 21.3 Å². The van der Waals surface area contributed by atoms with Crippen molar-refractivity contribution >= 4 is 0 Å². The van der Waals surface area contributed by atoms with Gasteiger partial charge >= 0.3 is 0 Å². The summed E-state index contributed by atoms with van der Waals surface area (Å²) in [7, 11) is 0. The van der Waals surface area contributed by atoms with Gasteiger partial charge in [0.15, 0.2) is 0 Å². The van der Waals surface area contributed by atoms with Gasteiger partial charge in [-0.25, -0.2) is 0 Å². The maximum Gasteiger partial charge on any atom is 0.132 e. The summed E-state index contributed by atoms with van der Waals surface area (Å²) in [5, 5.41) is 3.51. The highest BCUT2D eigenvalue weighted by atomic mass is 16.5. The highest BCUT2D eigenvalue weighted by Crippen LogP contribution is 2.32. The number of rotatable bonds is 6. The van der Waals surface area contributed by atoms with Crippen LogP contribution in [0.5, 0.6) is 11.5 Å². The van der Waals surface area contributed by atoms with Gasteiger partial charge in [-0.2, -0.15) is 0 Å². The van der Waals surface area contributed by atoms with Crippen molar-refractivity contribution in [1.29, 1.82) is 0 Å². The normalized spacial score (nSPS) is 12.2. The predicted octanol–water partition coefficient (Wildman–Crippen LogP) is 4.85. The van der Waals surface area contributed by atoms with Crippen LogP contribution in [0.25, 0.3) is 0 Å². The summed E-state index contributed by atoms with van der Waals surface area (Å²) < 4.78 is 6.13. The van der Waals surface area contributed by atoms with E-state index in [0.717, 1.165) is 30.0 Å². The van der Waals surface area contributed by atoms with Crippen molar-refractivity contribution in [3.63, 3.8) is 0 Å². The van der Waals surface area contributed by atoms with Gasteiger partial charge in [-0.05, 0) is 37.6 Å². The van der Waals surface area contributed by atoms with Gasteiger partial charge in [-0.1, -0.05) is 50.2 Å². The van der Waals surface area contributed by atoms with E-state index >= 15 is 0 Å². The Bertz CT molecular complexity index is 551. The molecule has 2 aromatic rings. The Morgan fingerprint density at radius 2 is 1.60 bits per heavy atom. The molecule has 2 nitrogen and oxygen atoms in total. The minimum absolute atomic E-state index is 0.334. The van der Waals surface area contributed by atoms with Crippen molar-refractivity contribution in [2.45, 2.75) is 33.2 Å². The molecular weight excluding hydrogens is 246 g/mol. The van der Waals surface area contributed by atoms with Crippen molar-refractivity contribution < 1.29 is 4.74 Å². The predicted molar refractivity (Wildman–Crippen MR) is 84.4 cm³/mol. The third-order valence-corrected chi connectivity index (χ3v) is 3.47. The molecule has 0 radical (unpaired) electrons. The van der Waals surface area contributed by atoms with E-state index < -0.39 is 0 Å². The molecule has 0 aromatic heterocycles. The number of benzene rings is 2. The lowest BCUT2D eigenvalue weighted by Gasteiger charge is -2.20. The van der Waals surface area contributed by atoms with Gasteiger partial charge in [0.2, 0.25) is 0 Å². The number of nitrogens with one attached hydrogen (secondary N) is 1. The van der Waals surface area contributed by atoms with Gasteiger partial charge in [0, 0.05) is 11.6 Å². The molecule has 106 valence electrons. The van der Waals surface area contributed by atoms with Crippen LogP contribution in [0.2, 0.25) is 0 Å². The van der Waals surface area contributed by atoms with E-state index in [9.17, 15) is 0 Å². The van der Waals surface area contributed by atoms with Crippen LogP contribution in [0.3, 0.4) is 0 Å². The van der Waals surface area contributed by atoms with E-state index in [0.29, 0.717) is 6.04 Å². The van der Waals surface area contributed by atoms with Gasteiger partial charge in [-0.15, -0.1) is 0 Å². The van der Waals surface area contributed by atoms with Crippen LogP contribution in [0.15, 0.2) is 48.5 Å². The molecule has 0 aliphatic heterocycles. The Balaban J connectivity index is 2.30. The van der Waals surface area contributed by atoms with E-state index in [-0.39, 0.29) is 0 Å². The smallest absolute Gasteiger partial charge is 0.132 e. The highest BCUT2D eigenvalue weighted by Gasteiger charge is 2.14. The summed E-state index contributed by atoms with van der Waals surface area (Å²) in [6.07, 6.45) is 1.04. The molecule has 0 heterocycles. The SMILES string of the molecule is CCNC(CC)c1ccccc1Oc1ccccc1C. The van der Waals surface area contributed by atoms with Crippen molar-refractivity contribution in [3.05, 3.63) is 59.7 Å². The number of para-hydroxylation sites is 2. The maximum absolute atomic E-state index is 6.13. The Labute approximate surface area is 121 Å². The molecule has 0 aliphatic carbocycles. The lowest BCUT2D eigenvalue weighted by molar-refractivity contribution is 0.450. The third kappa shape index (κ3) is 3.40. The lowest BCUT2D eigenvalue weighted by Crippen LogP contribution is -2.20. The molecule has 0 saturated carbocycles. The first-order valence-electron chi connectivity index (χ1n) is 7.32. The second-order valence-corrected chi connectivity index (χ2v) is 4.92. The molecule has 0 amide bonds. The van der Waals surface area contributed by atoms with Crippen molar-refractivity contribution in [3.8, 4) is 11.5 Å². The second-order valence-electron chi connectivity index (χ2n) is 4.92. The molecule has 2 heteroatoms. The standard InChI is InChI=1S/C18H23NO/c1-4-16(19-5-2)15-11-7-9-13-18(15)20-17-12-8-6-10-14(17)3/h6-13,16,19H,4-5H2,1-3H3. The summed E-state index contributed by atoms with van der Waals surface area (Å²) in [5.74, 6) is 1.86. The number of aryl methyl sites for hydroxylation is 1. The average Bonchev–Trinajstić information content (AvgIpc) is 2.48. The van der Waals surface area contributed by atoms with Gasteiger partial charge in [0.1, 0.15) is 11.5 Å². The zero-order valence-corrected chi connectivity index (χ0v) is 12.5. The zero-order chi connectivity index (χ0) is 14.4. The largest absolute Gasteiger partial charge is 0.457 e. The Morgan fingerprint density at radius 1 is 0.950 bits per heavy atom. The summed E-state index contributed by atoms with van der Waals surface area (Å²) in [4.78, 5) is 0. The maximum atomic E-state index is 6.13. The molecule has 0 fully saturated rings. The fraction of sp³-hybridized carbons (Fsp3) is 0.333. The lowest BCUT2D eigenvalue weighted by atomic mass is 10.0. The van der Waals surface area contributed by atoms with E-state index in [1.807, 2.05) is 30.3 Å². The second kappa shape index (κ2) is 7.11. The first-order chi connectivity index (χ1) is 9.76. The minimum atomic E-state index is 0.334. The van der Waals surface area contributed by atoms with Crippen LogP contribution < -0.4 is 10.1 Å². The molecule has 2 rings (SSSR count). The number of hydrogen-bond acceptors (Lipinski definition) is 2. The number of ether oxygens (including phenoxy) is 1. The summed E-state index contributed by atoms with van der Waals surface area (Å²) >= 11 is 0. The first kappa shape index (κ1) is 14.6. The fourth-order valence-corrected chi connectivity index (χ4v) is 2.37. The molecule has 0 saturated heterocycles. The van der Waals surface area contributed by atoms with Crippen molar-refractivity contribution in [2.24, 2.45) is 0 Å². The zero-order valence-electron chi connectivity index (χ0n) is 12.5. The Morgan fingerprint density at radius 3 is 2.25 bits per heavy atom. The minimum Gasteiger partial charge on any atom is -0.457 e. The molecule has 1 N–H and O–H groups in total. The molecule has 2 aromatic carbocycles. The monoisotopic (exact) mass is 269 g/mol. The molecule has 0 aliphatic rings. The molecule has 1 unspecified atom stereocenters. The summed E-state index contributed by atoms with van der Waals surface area (Å²) in [5.41, 5.74) is 2.37. The Kier molecular flexibility index (Phi) is 5.19. The van der Waals surface area contributed by atoms with E-state index in [1.165, 1.54) is 5.56 Å². The fourth-order valence-electron chi connectivity index (χ4n) is 2.37. The average molecular weight is 269 g/mol. The van der Waals surface area contributed by atoms with Gasteiger partial charge in [0.25, 0.3) is 0 Å². The number of hydrogen-bond donors (Lipinski definition) is 1. The van der Waals surface area contributed by atoms with E-state index in [1.54, 1.807) is 0 Å². The highest BCUT2D eigenvalue weighted by molar-refractivity contribution is 5.42. The van der Waals surface area contributed by atoms with Crippen molar-refractivity contribution in [1.82, 2.24) is 5.32 Å². The van der Waals surface area contributed by atoms with Crippen LogP contribution in [-0.2, 0) is 0 Å². The van der Waals surface area contributed by atoms with E-state index in [4.69, 9.17) is 4.74 Å². The molecule has 20 heavy (non-hydrogen) atoms. The van der Waals surface area contributed by atoms with Crippen molar-refractivity contribution in [2.75, 3.05) is 6.54 Å². The quantitative estimate of drug-likeness (QED) is 0.809. The first-order valence-corrected chi connectivity index (χ1v) is 7.32. The third-order valence-electron chi connectivity index (χ3n) is 3.47. The van der Waals surface area contributed by atoms with Crippen LogP contribution >= 0.6 is 0 Å². The molecular formula is C18H23NO. The van der Waals surface area contributed by atoms with Gasteiger partial charge in [-0.3, -0.25) is 0 Å². The van der Waals surface area contributed by atoms with Crippen LogP contribution in [0.1, 0.15) is 37.4 Å². The Hall–Kier alpha value is -1.80. The summed E-state index contributed by atoms with van der Waals surface area (Å²) in [6, 6.07) is 16.7. The summed E-state index contributed by atoms with van der Waals surface area (Å²) in [6.45, 7) is 7.35. The van der Waals surface area contributed by atoms with Gasteiger partial charge < -0.3 is 10.1 Å². The van der Waals surface area contributed by atoms with Gasteiger partial charge in [0.05, 0.1) is 0 Å². The van der Waals surface area contributed by atoms with Crippen LogP contribution in [-0.4, -0.2) is 6.54 Å². The van der Waals surface area contributed by atoms with E-state index in [2.05, 4.69) is 44.3 Å². The molecule has 0 spiro atoms.